The van der Waals surface area contributed by atoms with E-state index in [2.05, 4.69) is 5.73 Å². The molecule has 0 radical (unpaired) electrons. The zero-order valence-corrected chi connectivity index (χ0v) is 5.91. The van der Waals surface area contributed by atoms with Crippen molar-refractivity contribution in [2.45, 2.75) is 0 Å². The lowest BCUT2D eigenvalue weighted by Gasteiger charge is -1.80. The molecule has 0 heterocycles. The third-order valence-electron chi connectivity index (χ3n) is 0.903. The second kappa shape index (κ2) is 5.80. The van der Waals surface area contributed by atoms with Gasteiger partial charge in [0.05, 0.1) is 11.6 Å². The predicted octanol–water partition coefficient (Wildman–Crippen LogP) is 1.13. The van der Waals surface area contributed by atoms with Gasteiger partial charge in [0, 0.05) is 0 Å². The lowest BCUT2D eigenvalue weighted by Crippen LogP contribution is -1.69. The molecule has 0 spiro atoms. The minimum absolute atomic E-state index is 0.715. The fourth-order valence-electron chi connectivity index (χ4n) is 0.513. The average Bonchev–Trinajstić information content (AvgIpc) is 2.10. The summed E-state index contributed by atoms with van der Waals surface area (Å²) in [5.41, 5.74) is 5.22. The predicted molar refractivity (Wildman–Crippen MR) is 41.3 cm³/mol. The van der Waals surface area contributed by atoms with Crippen LogP contribution in [0, 0.1) is 11.3 Å². The first-order chi connectivity index (χ1) is 4.93. The van der Waals surface area contributed by atoms with Crippen LogP contribution in [0.3, 0.4) is 0 Å². The first-order valence-electron chi connectivity index (χ1n) is 2.96. The largest absolute Gasteiger partial charge is 0.333 e. The van der Waals surface area contributed by atoms with Gasteiger partial charge in [0.25, 0.3) is 0 Å². The maximum atomic E-state index is 8.29. The summed E-state index contributed by atoms with van der Waals surface area (Å²) < 4.78 is 0. The highest BCUT2D eigenvalue weighted by atomic mass is 14.4. The molecule has 0 aromatic heterocycles. The number of benzene rings is 1. The van der Waals surface area contributed by atoms with E-state index in [9.17, 15) is 0 Å². The molecule has 1 aromatic carbocycles. The fraction of sp³-hybridized carbons (Fsp3) is 0.125. The molecule has 0 amide bonds. The third kappa shape index (κ3) is 2.85. The van der Waals surface area contributed by atoms with E-state index in [0.717, 1.165) is 0 Å². The van der Waals surface area contributed by atoms with Gasteiger partial charge in [-0.05, 0) is 19.2 Å². The second-order valence-corrected chi connectivity index (χ2v) is 1.48. The van der Waals surface area contributed by atoms with E-state index in [-0.39, 0.29) is 0 Å². The van der Waals surface area contributed by atoms with Gasteiger partial charge in [0.2, 0.25) is 0 Å². The van der Waals surface area contributed by atoms with Gasteiger partial charge in [0.1, 0.15) is 0 Å². The minimum atomic E-state index is 0.715. The molecule has 2 nitrogen and oxygen atoms in total. The molecule has 0 unspecified atom stereocenters. The number of rotatable bonds is 0. The van der Waals surface area contributed by atoms with Crippen LogP contribution in [0.25, 0.3) is 0 Å². The van der Waals surface area contributed by atoms with Crippen LogP contribution in [0.15, 0.2) is 30.3 Å². The van der Waals surface area contributed by atoms with E-state index in [1.807, 2.05) is 24.3 Å². The summed E-state index contributed by atoms with van der Waals surface area (Å²) in [6.07, 6.45) is 0. The first kappa shape index (κ1) is 8.67. The van der Waals surface area contributed by atoms with E-state index in [4.69, 9.17) is 5.26 Å². The van der Waals surface area contributed by atoms with Crippen molar-refractivity contribution >= 4 is 0 Å². The Bertz CT molecular complexity index is 198. The van der Waals surface area contributed by atoms with Crippen molar-refractivity contribution in [3.05, 3.63) is 35.9 Å². The topological polar surface area (TPSA) is 49.8 Å². The molecule has 1 rings (SSSR count). The molecule has 52 valence electrons. The molecule has 0 bridgehead atoms. The average molecular weight is 134 g/mol. The Kier molecular flexibility index (Phi) is 5.03. The zero-order valence-electron chi connectivity index (χ0n) is 5.91. The molecule has 0 saturated carbocycles. The Balaban J connectivity index is 0.000000371. The van der Waals surface area contributed by atoms with E-state index in [1.54, 1.807) is 12.1 Å². The van der Waals surface area contributed by atoms with Crippen molar-refractivity contribution in [1.29, 1.82) is 5.26 Å². The molecule has 0 aliphatic heterocycles. The third-order valence-corrected chi connectivity index (χ3v) is 0.903. The molecule has 0 saturated heterocycles. The highest BCUT2D eigenvalue weighted by molar-refractivity contribution is 5.27. The quantitative estimate of drug-likeness (QED) is 0.578. The standard InChI is InChI=1S/C7H5N.CH5N/c8-6-7-4-2-1-3-5-7;1-2/h1-5H;2H2,1H3. The van der Waals surface area contributed by atoms with Crippen LogP contribution in [0.4, 0.5) is 0 Å². The van der Waals surface area contributed by atoms with Gasteiger partial charge in [-0.25, -0.2) is 0 Å². The van der Waals surface area contributed by atoms with E-state index >= 15 is 0 Å². The fourth-order valence-corrected chi connectivity index (χ4v) is 0.513. The zero-order chi connectivity index (χ0) is 7.82. The van der Waals surface area contributed by atoms with Crippen LogP contribution >= 0.6 is 0 Å². The maximum Gasteiger partial charge on any atom is 0.0991 e. The highest BCUT2D eigenvalue weighted by Gasteiger charge is 1.79. The summed E-state index contributed by atoms with van der Waals surface area (Å²) in [4.78, 5) is 0. The first-order valence-corrected chi connectivity index (χ1v) is 2.96. The number of hydrogen-bond acceptors (Lipinski definition) is 2. The number of nitrogens with two attached hydrogens (primary N) is 1. The van der Waals surface area contributed by atoms with Crippen LogP contribution in [-0.4, -0.2) is 7.05 Å². The Morgan fingerprint density at radius 3 is 2.00 bits per heavy atom. The van der Waals surface area contributed by atoms with Crippen LogP contribution < -0.4 is 5.73 Å². The minimum Gasteiger partial charge on any atom is -0.333 e. The SMILES string of the molecule is CN.N#Cc1ccccc1. The molecule has 2 heteroatoms. The van der Waals surface area contributed by atoms with Crippen LogP contribution in [0.1, 0.15) is 5.56 Å². The summed E-state index contributed by atoms with van der Waals surface area (Å²) >= 11 is 0. The van der Waals surface area contributed by atoms with E-state index < -0.39 is 0 Å². The van der Waals surface area contributed by atoms with Gasteiger partial charge in [-0.15, -0.1) is 0 Å². The Labute approximate surface area is 60.9 Å². The van der Waals surface area contributed by atoms with Gasteiger partial charge in [-0.3, -0.25) is 0 Å². The van der Waals surface area contributed by atoms with Crippen molar-refractivity contribution in [2.24, 2.45) is 5.73 Å². The summed E-state index contributed by atoms with van der Waals surface area (Å²) in [5.74, 6) is 0. The summed E-state index contributed by atoms with van der Waals surface area (Å²) in [5, 5.41) is 8.29. The van der Waals surface area contributed by atoms with Crippen molar-refractivity contribution in [1.82, 2.24) is 0 Å². The molecule has 0 fully saturated rings. The number of hydrogen-bond donors (Lipinski definition) is 1. The second-order valence-electron chi connectivity index (χ2n) is 1.48. The maximum absolute atomic E-state index is 8.29. The molecule has 0 aliphatic rings. The lowest BCUT2D eigenvalue weighted by atomic mass is 10.2. The molecule has 0 aliphatic carbocycles. The molecule has 0 atom stereocenters. The van der Waals surface area contributed by atoms with Gasteiger partial charge in [-0.2, -0.15) is 5.26 Å². The van der Waals surface area contributed by atoms with E-state index in [1.165, 1.54) is 7.05 Å². The lowest BCUT2D eigenvalue weighted by molar-refractivity contribution is 1.48. The van der Waals surface area contributed by atoms with E-state index in [0.29, 0.717) is 5.56 Å². The summed E-state index contributed by atoms with van der Waals surface area (Å²) in [6, 6.07) is 11.2. The van der Waals surface area contributed by atoms with Crippen molar-refractivity contribution < 1.29 is 0 Å². The van der Waals surface area contributed by atoms with Gasteiger partial charge >= 0.3 is 0 Å². The van der Waals surface area contributed by atoms with Gasteiger partial charge in [0.15, 0.2) is 0 Å². The van der Waals surface area contributed by atoms with Crippen molar-refractivity contribution in [2.75, 3.05) is 7.05 Å². The Morgan fingerprint density at radius 1 is 1.20 bits per heavy atom. The van der Waals surface area contributed by atoms with Crippen LogP contribution in [0.2, 0.25) is 0 Å². The number of nitriles is 1. The van der Waals surface area contributed by atoms with Crippen molar-refractivity contribution in [3.63, 3.8) is 0 Å². The summed E-state index contributed by atoms with van der Waals surface area (Å²) in [6.45, 7) is 0. The molecule has 1 aromatic rings. The number of nitrogens with zero attached hydrogens (tertiary/aromatic N) is 1. The van der Waals surface area contributed by atoms with Gasteiger partial charge in [-0.1, -0.05) is 18.2 Å². The Hall–Kier alpha value is -1.33. The normalized spacial score (nSPS) is 6.90. The van der Waals surface area contributed by atoms with Crippen molar-refractivity contribution in [3.8, 4) is 6.07 Å². The molecule has 10 heavy (non-hydrogen) atoms. The summed E-state index contributed by atoms with van der Waals surface area (Å²) in [7, 11) is 1.50. The van der Waals surface area contributed by atoms with Gasteiger partial charge < -0.3 is 5.73 Å². The highest BCUT2D eigenvalue weighted by Crippen LogP contribution is 1.92. The molecular weight excluding hydrogens is 124 g/mol. The van der Waals surface area contributed by atoms with Crippen LogP contribution in [0.5, 0.6) is 0 Å². The monoisotopic (exact) mass is 134 g/mol. The Morgan fingerprint density at radius 2 is 1.70 bits per heavy atom. The molecule has 2 N–H and O–H groups in total. The molecular formula is C8H10N2. The smallest absolute Gasteiger partial charge is 0.0991 e. The van der Waals surface area contributed by atoms with Crippen LogP contribution in [-0.2, 0) is 0 Å².